The summed E-state index contributed by atoms with van der Waals surface area (Å²) < 4.78 is 0. The number of carbonyl (C=O) groups excluding carboxylic acids is 2. The fourth-order valence-corrected chi connectivity index (χ4v) is 2.54. The molecule has 0 radical (unpaired) electrons. The van der Waals surface area contributed by atoms with Crippen molar-refractivity contribution in [3.05, 3.63) is 0 Å². The van der Waals surface area contributed by atoms with Gasteiger partial charge in [0.15, 0.2) is 0 Å². The van der Waals surface area contributed by atoms with Crippen molar-refractivity contribution in [2.45, 2.75) is 72.6 Å². The van der Waals surface area contributed by atoms with E-state index in [0.29, 0.717) is 24.0 Å². The largest absolute Gasteiger partial charge is 0.342 e. The van der Waals surface area contributed by atoms with Crippen molar-refractivity contribution in [3.63, 3.8) is 0 Å². The van der Waals surface area contributed by atoms with Gasteiger partial charge in [0.25, 0.3) is 0 Å². The van der Waals surface area contributed by atoms with Crippen molar-refractivity contribution in [1.29, 1.82) is 0 Å². The van der Waals surface area contributed by atoms with Crippen molar-refractivity contribution in [1.82, 2.24) is 10.2 Å². The van der Waals surface area contributed by atoms with Gasteiger partial charge in [0.05, 0.1) is 0 Å². The Morgan fingerprint density at radius 1 is 0.955 bits per heavy atom. The van der Waals surface area contributed by atoms with Crippen molar-refractivity contribution in [3.8, 4) is 0 Å². The summed E-state index contributed by atoms with van der Waals surface area (Å²) in [6.45, 7) is 11.5. The molecule has 0 aromatic rings. The van der Waals surface area contributed by atoms with E-state index < -0.39 is 0 Å². The van der Waals surface area contributed by atoms with Crippen LogP contribution in [0, 0.1) is 5.92 Å². The van der Waals surface area contributed by atoms with E-state index in [4.69, 9.17) is 0 Å². The molecule has 1 aliphatic rings. The number of nitrogens with one attached hydrogen (secondary N) is 1. The van der Waals surface area contributed by atoms with E-state index in [1.54, 1.807) is 6.92 Å². The van der Waals surface area contributed by atoms with Crippen LogP contribution in [-0.4, -0.2) is 42.8 Å². The number of carbonyl (C=O) groups is 2. The van der Waals surface area contributed by atoms with Gasteiger partial charge in [-0.15, -0.1) is 0 Å². The number of rotatable bonds is 11. The summed E-state index contributed by atoms with van der Waals surface area (Å²) >= 11 is 0. The molecule has 0 saturated carbocycles. The zero-order valence-corrected chi connectivity index (χ0v) is 15.1. The van der Waals surface area contributed by atoms with Crippen LogP contribution in [0.5, 0.6) is 0 Å². The lowest BCUT2D eigenvalue weighted by Crippen LogP contribution is -2.49. The molecule has 1 heterocycles. The Kier molecular flexibility index (Phi) is 13.2. The molecule has 1 N–H and O–H groups in total. The number of hydrogen-bond acceptors (Lipinski definition) is 3. The van der Waals surface area contributed by atoms with Crippen LogP contribution in [-0.2, 0) is 9.59 Å². The third kappa shape index (κ3) is 10.8. The predicted molar refractivity (Wildman–Crippen MR) is 93.0 cm³/mol. The molecular weight excluding hydrogens is 276 g/mol. The molecule has 130 valence electrons. The molecule has 0 aliphatic carbocycles. The number of likely N-dealkylation sites (tertiary alicyclic amines) is 1. The topological polar surface area (TPSA) is 49.4 Å². The van der Waals surface area contributed by atoms with Crippen LogP contribution in [0.4, 0.5) is 0 Å². The molecule has 1 amide bonds. The highest BCUT2D eigenvalue weighted by molar-refractivity contribution is 5.77. The minimum absolute atomic E-state index is 0.292. The highest BCUT2D eigenvalue weighted by Crippen LogP contribution is 2.14. The Morgan fingerprint density at radius 3 is 2.14 bits per heavy atom. The van der Waals surface area contributed by atoms with E-state index >= 15 is 0 Å². The second-order valence-corrected chi connectivity index (χ2v) is 6.12. The molecule has 1 saturated heterocycles. The molecule has 1 rings (SSSR count). The van der Waals surface area contributed by atoms with Crippen LogP contribution < -0.4 is 5.32 Å². The van der Waals surface area contributed by atoms with Crippen molar-refractivity contribution in [2.24, 2.45) is 5.92 Å². The van der Waals surface area contributed by atoms with Crippen LogP contribution in [0.3, 0.4) is 0 Å². The van der Waals surface area contributed by atoms with Gasteiger partial charge in [-0.05, 0) is 32.2 Å². The predicted octanol–water partition coefficient (Wildman–Crippen LogP) is 3.40. The Bertz CT molecular complexity index is 299. The molecule has 4 heteroatoms. The number of amides is 1. The quantitative estimate of drug-likeness (QED) is 0.595. The lowest BCUT2D eigenvalue weighted by molar-refractivity contribution is -0.136. The van der Waals surface area contributed by atoms with Gasteiger partial charge in [-0.3, -0.25) is 4.79 Å². The van der Waals surface area contributed by atoms with Gasteiger partial charge in [-0.2, -0.15) is 0 Å². The third-order valence-corrected chi connectivity index (χ3v) is 3.81. The third-order valence-electron chi connectivity index (χ3n) is 3.81. The minimum Gasteiger partial charge on any atom is -0.342 e. The van der Waals surface area contributed by atoms with Crippen LogP contribution in [0.15, 0.2) is 0 Å². The Labute approximate surface area is 137 Å². The fraction of sp³-hybridized carbons (Fsp3) is 0.889. The first kappa shape index (κ1) is 21.1. The molecule has 0 bridgehead atoms. The molecule has 0 aromatic heterocycles. The van der Waals surface area contributed by atoms with Crippen molar-refractivity contribution < 1.29 is 9.59 Å². The smallest absolute Gasteiger partial charge is 0.223 e. The van der Waals surface area contributed by atoms with E-state index in [-0.39, 0.29) is 0 Å². The van der Waals surface area contributed by atoms with Gasteiger partial charge in [-0.1, -0.05) is 40.0 Å². The average molecular weight is 312 g/mol. The second-order valence-electron chi connectivity index (χ2n) is 6.12. The highest BCUT2D eigenvalue weighted by atomic mass is 16.2. The van der Waals surface area contributed by atoms with E-state index in [1.807, 2.05) is 18.7 Å². The first-order valence-corrected chi connectivity index (χ1v) is 9.07. The summed E-state index contributed by atoms with van der Waals surface area (Å²) in [5.41, 5.74) is 0. The molecule has 0 spiro atoms. The summed E-state index contributed by atoms with van der Waals surface area (Å²) in [5.74, 6) is 1.28. The molecule has 0 atom stereocenters. The van der Waals surface area contributed by atoms with Gasteiger partial charge in [0.1, 0.15) is 5.78 Å². The zero-order valence-electron chi connectivity index (χ0n) is 15.1. The molecule has 0 aromatic carbocycles. The summed E-state index contributed by atoms with van der Waals surface area (Å²) in [6.07, 6.45) is 7.13. The summed E-state index contributed by atoms with van der Waals surface area (Å²) in [6, 6.07) is 0. The van der Waals surface area contributed by atoms with E-state index in [0.717, 1.165) is 51.9 Å². The zero-order chi connectivity index (χ0) is 16.8. The van der Waals surface area contributed by atoms with Gasteiger partial charge >= 0.3 is 0 Å². The monoisotopic (exact) mass is 312 g/mol. The highest BCUT2D eigenvalue weighted by Gasteiger charge is 2.26. The lowest BCUT2D eigenvalue weighted by atomic mass is 10.0. The maximum Gasteiger partial charge on any atom is 0.223 e. The maximum atomic E-state index is 11.7. The Morgan fingerprint density at radius 2 is 1.55 bits per heavy atom. The summed E-state index contributed by atoms with van der Waals surface area (Å²) in [5, 5.41) is 3.34. The van der Waals surface area contributed by atoms with Crippen LogP contribution >= 0.6 is 0 Å². The number of hydrogen-bond donors (Lipinski definition) is 1. The SMILES string of the molecule is CC.CC(=O)CCCCCCCNCCC(=O)N1CC(C)C1. The van der Waals surface area contributed by atoms with Gasteiger partial charge in [0, 0.05) is 32.5 Å². The van der Waals surface area contributed by atoms with Crippen molar-refractivity contribution >= 4 is 11.7 Å². The minimum atomic E-state index is 0.292. The number of nitrogens with zero attached hydrogens (tertiary/aromatic N) is 1. The van der Waals surface area contributed by atoms with E-state index in [2.05, 4.69) is 12.2 Å². The fourth-order valence-electron chi connectivity index (χ4n) is 2.54. The van der Waals surface area contributed by atoms with Crippen LogP contribution in [0.1, 0.15) is 72.6 Å². The first-order chi connectivity index (χ1) is 10.6. The first-order valence-electron chi connectivity index (χ1n) is 9.07. The van der Waals surface area contributed by atoms with E-state index in [1.165, 1.54) is 12.8 Å². The molecule has 1 fully saturated rings. The van der Waals surface area contributed by atoms with E-state index in [9.17, 15) is 9.59 Å². The second kappa shape index (κ2) is 13.7. The van der Waals surface area contributed by atoms with Crippen LogP contribution in [0.2, 0.25) is 0 Å². The number of ketones is 1. The molecular formula is C18H36N2O2. The van der Waals surface area contributed by atoms with Crippen molar-refractivity contribution in [2.75, 3.05) is 26.2 Å². The number of unbranched alkanes of at least 4 members (excludes halogenated alkanes) is 4. The van der Waals surface area contributed by atoms with Gasteiger partial charge < -0.3 is 15.0 Å². The molecule has 0 unspecified atom stereocenters. The number of Topliss-reactive ketones (excluding diaryl/α,β-unsaturated/α-hetero) is 1. The Balaban J connectivity index is 0.00000211. The molecule has 22 heavy (non-hydrogen) atoms. The molecule has 4 nitrogen and oxygen atoms in total. The summed E-state index contributed by atoms with van der Waals surface area (Å²) in [7, 11) is 0. The van der Waals surface area contributed by atoms with Gasteiger partial charge in [0.2, 0.25) is 5.91 Å². The Hall–Kier alpha value is -0.900. The van der Waals surface area contributed by atoms with Crippen LogP contribution in [0.25, 0.3) is 0 Å². The van der Waals surface area contributed by atoms with Gasteiger partial charge in [-0.25, -0.2) is 0 Å². The molecule has 1 aliphatic heterocycles. The summed E-state index contributed by atoms with van der Waals surface area (Å²) in [4.78, 5) is 24.4. The normalized spacial score (nSPS) is 14.1. The standard InChI is InChI=1S/C16H30N2O2.C2H6/c1-14-12-18(13-14)16(20)9-11-17-10-7-5-3-4-6-8-15(2)19;1-2/h14,17H,3-13H2,1-2H3;1-2H3. The maximum absolute atomic E-state index is 11.7. The lowest BCUT2D eigenvalue weighted by Gasteiger charge is -2.37. The average Bonchev–Trinajstić information content (AvgIpc) is 2.47.